The molecule has 8 heavy (non-hydrogen) atoms. The lowest BCUT2D eigenvalue weighted by atomic mass is 11.2. The smallest absolute Gasteiger partial charge is 0.264 e. The van der Waals surface area contributed by atoms with Gasteiger partial charge in [-0.15, -0.1) is 0 Å². The third-order valence-electron chi connectivity index (χ3n) is 0. The topological polar surface area (TPSA) is 91.7 Å². The van der Waals surface area contributed by atoms with Crippen LogP contribution in [0.2, 0.25) is 0 Å². The summed E-state index contributed by atoms with van der Waals surface area (Å²) in [4.78, 5) is 8.57. The van der Waals surface area contributed by atoms with Crippen LogP contribution < -0.4 is 0 Å². The molecule has 0 bridgehead atoms. The molecule has 0 aliphatic carbocycles. The van der Waals surface area contributed by atoms with Crippen LogP contribution in [-0.4, -0.2) is 23.5 Å². The molecule has 5 nitrogen and oxygen atoms in total. The van der Waals surface area contributed by atoms with Crippen LogP contribution in [0.4, 0.5) is 0 Å². The van der Waals surface area contributed by atoms with E-state index in [1.807, 2.05) is 0 Å². The van der Waals surface area contributed by atoms with Gasteiger partial charge in [-0.25, -0.2) is 4.79 Å². The molecule has 0 heterocycles. The Hall–Kier alpha value is -0.680. The monoisotopic (exact) mass is 140 g/mol. The lowest BCUT2D eigenvalue weighted by Crippen LogP contribution is -1.89. The molecule has 48 valence electrons. The van der Waals surface area contributed by atoms with E-state index in [0.29, 0.717) is 0 Å². The molecule has 0 atom stereocenters. The molecule has 0 spiro atoms. The molecule has 0 saturated carbocycles. The van der Waals surface area contributed by atoms with Crippen LogP contribution in [0.3, 0.4) is 0 Å². The Balaban J connectivity index is 0. The molecule has 0 radical (unpaired) electrons. The van der Waals surface area contributed by atoms with Crippen LogP contribution in [0.5, 0.6) is 0 Å². The van der Waals surface area contributed by atoms with Crippen LogP contribution in [0.15, 0.2) is 6.58 Å². The van der Waals surface area contributed by atoms with Crippen molar-refractivity contribution in [1.82, 2.24) is 0 Å². The second kappa shape index (κ2) is 4.48. The van der Waals surface area contributed by atoms with Gasteiger partial charge in [0.05, 0.1) is 0 Å². The molecule has 0 aliphatic heterocycles. The Labute approximate surface area is 46.2 Å². The zero-order chi connectivity index (χ0) is 7.21. The maximum Gasteiger partial charge on any atom is 0.394 e. The van der Waals surface area contributed by atoms with Gasteiger partial charge in [-0.05, 0) is 6.58 Å². The molecular formula is C2H4O5S. The fourth-order valence-electron chi connectivity index (χ4n) is 0. The summed E-state index contributed by atoms with van der Waals surface area (Å²) in [5.41, 5.74) is 0. The van der Waals surface area contributed by atoms with E-state index in [-0.39, 0.29) is 0 Å². The van der Waals surface area contributed by atoms with E-state index in [2.05, 4.69) is 6.58 Å². The first-order chi connectivity index (χ1) is 3.41. The van der Waals surface area contributed by atoms with Crippen molar-refractivity contribution in [2.75, 3.05) is 0 Å². The Morgan fingerprint density at radius 3 is 1.38 bits per heavy atom. The molecule has 0 rings (SSSR count). The summed E-state index contributed by atoms with van der Waals surface area (Å²) < 4.78 is 31.6. The number of rotatable bonds is 0. The lowest BCUT2D eigenvalue weighted by Gasteiger charge is -1.68. The minimum atomic E-state index is -4.67. The Bertz CT molecular complexity index is 151. The zero-order valence-corrected chi connectivity index (χ0v) is 4.55. The summed E-state index contributed by atoms with van der Waals surface area (Å²) in [5.74, 6) is 1.25. The highest BCUT2D eigenvalue weighted by atomic mass is 32.3. The van der Waals surface area contributed by atoms with Crippen LogP contribution in [-0.2, 0) is 15.2 Å². The summed E-state index contributed by atoms with van der Waals surface area (Å²) in [5, 5.41) is 0. The third-order valence-corrected chi connectivity index (χ3v) is 0. The van der Waals surface area contributed by atoms with Gasteiger partial charge in [0.15, 0.2) is 0 Å². The predicted molar refractivity (Wildman–Crippen MR) is 25.5 cm³/mol. The number of hydrogen-bond acceptors (Lipinski definition) is 3. The lowest BCUT2D eigenvalue weighted by molar-refractivity contribution is 0.381. The van der Waals surface area contributed by atoms with Crippen molar-refractivity contribution in [3.8, 4) is 0 Å². The first-order valence-corrected chi connectivity index (χ1v) is 2.65. The maximum atomic E-state index is 8.74. The van der Waals surface area contributed by atoms with Gasteiger partial charge in [0, 0.05) is 0 Å². The number of carbonyl (C=O) groups excluding carboxylic acids is 1. The van der Waals surface area contributed by atoms with Crippen LogP contribution >= 0.6 is 0 Å². The largest absolute Gasteiger partial charge is 0.394 e. The average molecular weight is 140 g/mol. The molecule has 6 heteroatoms. The number of hydrogen-bond donors (Lipinski definition) is 2. The van der Waals surface area contributed by atoms with Crippen LogP contribution in [0.25, 0.3) is 0 Å². The predicted octanol–water partition coefficient (Wildman–Crippen LogP) is -0.649. The molecule has 2 N–H and O–H groups in total. The van der Waals surface area contributed by atoms with Crippen molar-refractivity contribution >= 4 is 16.3 Å². The second-order valence-corrected chi connectivity index (χ2v) is 1.49. The van der Waals surface area contributed by atoms with Crippen molar-refractivity contribution in [2.24, 2.45) is 0 Å². The Morgan fingerprint density at radius 2 is 1.38 bits per heavy atom. The molecule has 0 fully saturated rings. The minimum Gasteiger partial charge on any atom is -0.264 e. The molecule has 0 amide bonds. The summed E-state index contributed by atoms with van der Waals surface area (Å²) >= 11 is 0. The quantitative estimate of drug-likeness (QED) is 0.344. The van der Waals surface area contributed by atoms with Crippen LogP contribution in [0, 0.1) is 0 Å². The summed E-state index contributed by atoms with van der Waals surface area (Å²) in [6.07, 6.45) is 0. The highest BCUT2D eigenvalue weighted by Crippen LogP contribution is 1.59. The maximum absolute atomic E-state index is 8.74. The van der Waals surface area contributed by atoms with Crippen molar-refractivity contribution < 1.29 is 22.3 Å². The Kier molecular flexibility index (Phi) is 5.78. The highest BCUT2D eigenvalue weighted by molar-refractivity contribution is 7.79. The standard InChI is InChI=1S/C2H2O.H2O4S/c1-2-3;1-5(2,3)4/h1H2;(H2,1,2,3,4). The van der Waals surface area contributed by atoms with Gasteiger partial charge < -0.3 is 0 Å². The van der Waals surface area contributed by atoms with E-state index in [4.69, 9.17) is 22.3 Å². The van der Waals surface area contributed by atoms with E-state index in [9.17, 15) is 0 Å². The molecule has 0 aromatic heterocycles. The third kappa shape index (κ3) is 215. The Morgan fingerprint density at radius 1 is 1.38 bits per heavy atom. The summed E-state index contributed by atoms with van der Waals surface area (Å²) in [7, 11) is -4.67. The van der Waals surface area contributed by atoms with Gasteiger partial charge in [-0.1, -0.05) is 0 Å². The van der Waals surface area contributed by atoms with Crippen molar-refractivity contribution in [3.05, 3.63) is 6.58 Å². The average Bonchev–Trinajstić information content (AvgIpc) is 1.27. The zero-order valence-electron chi connectivity index (χ0n) is 3.73. The van der Waals surface area contributed by atoms with E-state index < -0.39 is 10.4 Å². The second-order valence-electron chi connectivity index (χ2n) is 0.592. The van der Waals surface area contributed by atoms with Gasteiger partial charge in [0.1, 0.15) is 5.94 Å². The minimum absolute atomic E-state index is 1.25. The first kappa shape index (κ1) is 10.3. The van der Waals surface area contributed by atoms with E-state index in [0.717, 1.165) is 0 Å². The van der Waals surface area contributed by atoms with Gasteiger partial charge >= 0.3 is 10.4 Å². The fourth-order valence-corrected chi connectivity index (χ4v) is 0. The van der Waals surface area contributed by atoms with E-state index in [1.165, 1.54) is 5.94 Å². The van der Waals surface area contributed by atoms with Gasteiger partial charge in [0.25, 0.3) is 0 Å². The molecule has 0 saturated heterocycles. The van der Waals surface area contributed by atoms with Crippen LogP contribution in [0.1, 0.15) is 0 Å². The summed E-state index contributed by atoms with van der Waals surface area (Å²) in [6.45, 7) is 2.68. The van der Waals surface area contributed by atoms with Gasteiger partial charge in [-0.3, -0.25) is 9.11 Å². The molecule has 0 aliphatic rings. The van der Waals surface area contributed by atoms with Gasteiger partial charge in [-0.2, -0.15) is 8.42 Å². The normalized spacial score (nSPS) is 8.25. The van der Waals surface area contributed by atoms with Crippen molar-refractivity contribution in [1.29, 1.82) is 0 Å². The molecule has 0 aromatic rings. The SMILES string of the molecule is C=C=O.O=S(=O)(O)O. The fraction of sp³-hybridized carbons (Fsp3) is 0. The molecular weight excluding hydrogens is 136 g/mol. The van der Waals surface area contributed by atoms with Crippen molar-refractivity contribution in [2.45, 2.75) is 0 Å². The molecule has 0 aromatic carbocycles. The van der Waals surface area contributed by atoms with E-state index >= 15 is 0 Å². The highest BCUT2D eigenvalue weighted by Gasteiger charge is 1.84. The van der Waals surface area contributed by atoms with Gasteiger partial charge in [0.2, 0.25) is 0 Å². The van der Waals surface area contributed by atoms with Crippen molar-refractivity contribution in [3.63, 3.8) is 0 Å². The van der Waals surface area contributed by atoms with E-state index in [1.54, 1.807) is 0 Å². The summed E-state index contributed by atoms with van der Waals surface area (Å²) in [6, 6.07) is 0. The first-order valence-electron chi connectivity index (χ1n) is 1.26. The molecule has 0 unspecified atom stereocenters.